The summed E-state index contributed by atoms with van der Waals surface area (Å²) >= 11 is 0. The molecule has 4 rings (SSSR count). The van der Waals surface area contributed by atoms with Crippen molar-refractivity contribution in [3.8, 4) is 0 Å². The van der Waals surface area contributed by atoms with E-state index in [2.05, 4.69) is 10.6 Å². The summed E-state index contributed by atoms with van der Waals surface area (Å²) in [7, 11) is 0. The number of hydrogen-bond donors (Lipinski definition) is 4. The Morgan fingerprint density at radius 3 is 1.21 bits per heavy atom. The molecule has 0 fully saturated rings. The molecule has 0 unspecified atom stereocenters. The van der Waals surface area contributed by atoms with Crippen LogP contribution in [0.15, 0.2) is 24.3 Å². The normalized spacial score (nSPS) is 16.1. The monoisotopic (exact) mass is 522 g/mol. The number of hydrogen-bond acceptors (Lipinski definition) is 8. The van der Waals surface area contributed by atoms with Crippen molar-refractivity contribution in [2.45, 2.75) is 38.8 Å². The lowest BCUT2D eigenvalue weighted by Gasteiger charge is -2.32. The first-order valence-electron chi connectivity index (χ1n) is 12.4. The number of nitrogens with zero attached hydrogens (tertiary/aromatic N) is 2. The highest BCUT2D eigenvalue weighted by Crippen LogP contribution is 2.37. The molecule has 2 aliphatic rings. The summed E-state index contributed by atoms with van der Waals surface area (Å²) in [4.78, 5) is 78.5. The smallest absolute Gasteiger partial charge is 0.261 e. The van der Waals surface area contributed by atoms with Crippen molar-refractivity contribution in [3.05, 3.63) is 46.5 Å². The van der Waals surface area contributed by atoms with Crippen LogP contribution in [-0.2, 0) is 9.59 Å². The van der Waals surface area contributed by atoms with Crippen molar-refractivity contribution >= 4 is 46.2 Å². The summed E-state index contributed by atoms with van der Waals surface area (Å²) in [6.07, 6.45) is 0.669. The number of amides is 6. The highest BCUT2D eigenvalue weighted by molar-refractivity contribution is 6.33. The highest BCUT2D eigenvalue weighted by Gasteiger charge is 2.39. The largest absolute Gasteiger partial charge is 0.355 e. The SMILES string of the molecule is C[C@H](N)C(=O)NCCCN1C(=O)c2ccc3c4c(ccc(c24)C1=O)C(=O)N(CCCNC(=O)[C@H](C)N)C3=O. The average molecular weight is 523 g/mol. The quantitative estimate of drug-likeness (QED) is 0.243. The molecule has 6 amide bonds. The maximum absolute atomic E-state index is 13.3. The summed E-state index contributed by atoms with van der Waals surface area (Å²) < 4.78 is 0. The zero-order valence-electron chi connectivity index (χ0n) is 21.2. The lowest BCUT2D eigenvalue weighted by molar-refractivity contribution is -0.122. The van der Waals surface area contributed by atoms with Crippen LogP contribution in [0.5, 0.6) is 0 Å². The Kier molecular flexibility index (Phi) is 7.56. The molecule has 2 aromatic rings. The van der Waals surface area contributed by atoms with Crippen molar-refractivity contribution in [3.63, 3.8) is 0 Å². The zero-order valence-corrected chi connectivity index (χ0v) is 21.2. The Morgan fingerprint density at radius 2 is 0.947 bits per heavy atom. The van der Waals surface area contributed by atoms with Gasteiger partial charge in [0.25, 0.3) is 23.6 Å². The van der Waals surface area contributed by atoms with E-state index < -0.39 is 35.7 Å². The molecule has 0 bridgehead atoms. The first-order valence-corrected chi connectivity index (χ1v) is 12.4. The number of rotatable bonds is 10. The van der Waals surface area contributed by atoms with Gasteiger partial charge in [-0.2, -0.15) is 0 Å². The van der Waals surface area contributed by atoms with Gasteiger partial charge in [-0.25, -0.2) is 0 Å². The molecule has 0 saturated carbocycles. The van der Waals surface area contributed by atoms with E-state index in [0.717, 1.165) is 9.80 Å². The van der Waals surface area contributed by atoms with Gasteiger partial charge in [-0.05, 0) is 51.0 Å². The van der Waals surface area contributed by atoms with Gasteiger partial charge in [0, 0.05) is 59.2 Å². The number of carbonyl (C=O) groups excluding carboxylic acids is 6. The molecule has 2 aliphatic heterocycles. The molecule has 12 nitrogen and oxygen atoms in total. The Morgan fingerprint density at radius 1 is 0.658 bits per heavy atom. The van der Waals surface area contributed by atoms with Crippen molar-refractivity contribution in [1.82, 2.24) is 20.4 Å². The van der Waals surface area contributed by atoms with Gasteiger partial charge in [-0.3, -0.25) is 38.6 Å². The number of nitrogens with two attached hydrogens (primary N) is 2. The predicted octanol–water partition coefficient (Wildman–Crippen LogP) is -0.261. The van der Waals surface area contributed by atoms with Crippen LogP contribution >= 0.6 is 0 Å². The number of nitrogens with one attached hydrogen (secondary N) is 2. The summed E-state index contributed by atoms with van der Waals surface area (Å²) in [5.41, 5.74) is 12.0. The lowest BCUT2D eigenvalue weighted by atomic mass is 9.86. The van der Waals surface area contributed by atoms with Gasteiger partial charge in [0.2, 0.25) is 11.8 Å². The molecule has 12 heteroatoms. The van der Waals surface area contributed by atoms with Crippen molar-refractivity contribution in [2.75, 3.05) is 26.2 Å². The molecule has 0 saturated heterocycles. The molecule has 0 spiro atoms. The van der Waals surface area contributed by atoms with E-state index in [1.54, 1.807) is 13.8 Å². The molecule has 0 radical (unpaired) electrons. The van der Waals surface area contributed by atoms with Crippen LogP contribution in [-0.4, -0.2) is 83.5 Å². The minimum Gasteiger partial charge on any atom is -0.355 e. The van der Waals surface area contributed by atoms with Gasteiger partial charge in [0.1, 0.15) is 0 Å². The average Bonchev–Trinajstić information content (AvgIpc) is 2.88. The fraction of sp³-hybridized carbons (Fsp3) is 0.385. The van der Waals surface area contributed by atoms with E-state index in [1.807, 2.05) is 0 Å². The molecule has 2 heterocycles. The third kappa shape index (κ3) is 4.75. The van der Waals surface area contributed by atoms with Crippen LogP contribution in [0.2, 0.25) is 0 Å². The van der Waals surface area contributed by atoms with Crippen LogP contribution in [0.4, 0.5) is 0 Å². The van der Waals surface area contributed by atoms with Crippen LogP contribution in [0.3, 0.4) is 0 Å². The van der Waals surface area contributed by atoms with E-state index >= 15 is 0 Å². The van der Waals surface area contributed by atoms with Gasteiger partial charge in [0.05, 0.1) is 12.1 Å². The Bertz CT molecular complexity index is 1190. The standard InChI is InChI=1S/C26H30N6O6/c1-13(27)21(33)29-9-3-11-31-23(35)15-5-7-17-20-18(8-6-16(19(15)20)24(31)36)26(38)32(25(17)37)12-4-10-30-22(34)14(2)28/h5-8,13-14H,3-4,9-12,27-28H2,1-2H3,(H,29,33)(H,30,34)/t13-,14-/m0/s1. The van der Waals surface area contributed by atoms with Gasteiger partial charge in [-0.15, -0.1) is 0 Å². The van der Waals surface area contributed by atoms with E-state index in [-0.39, 0.29) is 60.2 Å². The van der Waals surface area contributed by atoms with Gasteiger partial charge < -0.3 is 22.1 Å². The molecule has 6 N–H and O–H groups in total. The number of imide groups is 2. The number of carbonyl (C=O) groups is 6. The summed E-state index contributed by atoms with van der Waals surface area (Å²) in [5.74, 6) is -2.78. The number of benzene rings is 2. The second-order valence-electron chi connectivity index (χ2n) is 9.46. The van der Waals surface area contributed by atoms with Crippen LogP contribution in [0.25, 0.3) is 10.8 Å². The van der Waals surface area contributed by atoms with E-state index in [4.69, 9.17) is 11.5 Å². The maximum Gasteiger partial charge on any atom is 0.261 e. The summed E-state index contributed by atoms with van der Waals surface area (Å²) in [5, 5.41) is 5.87. The summed E-state index contributed by atoms with van der Waals surface area (Å²) in [6, 6.07) is 4.67. The Labute approximate surface area is 218 Å². The molecular formula is C26H30N6O6. The summed E-state index contributed by atoms with van der Waals surface area (Å²) in [6.45, 7) is 3.75. The molecule has 200 valence electrons. The Hall–Kier alpha value is -4.16. The Balaban J connectivity index is 1.55. The van der Waals surface area contributed by atoms with Gasteiger partial charge in [-0.1, -0.05) is 0 Å². The molecule has 0 aliphatic carbocycles. The van der Waals surface area contributed by atoms with Gasteiger partial charge >= 0.3 is 0 Å². The third-order valence-corrected chi connectivity index (χ3v) is 6.61. The molecule has 2 aromatic carbocycles. The third-order valence-electron chi connectivity index (χ3n) is 6.61. The fourth-order valence-electron chi connectivity index (χ4n) is 4.60. The van der Waals surface area contributed by atoms with Crippen LogP contribution in [0.1, 0.15) is 68.1 Å². The minimum absolute atomic E-state index is 0.0758. The van der Waals surface area contributed by atoms with Crippen LogP contribution in [0, 0.1) is 0 Å². The molecular weight excluding hydrogens is 492 g/mol. The van der Waals surface area contributed by atoms with Crippen LogP contribution < -0.4 is 22.1 Å². The highest BCUT2D eigenvalue weighted by atomic mass is 16.2. The minimum atomic E-state index is -0.665. The molecule has 2 atom stereocenters. The van der Waals surface area contributed by atoms with E-state index in [0.29, 0.717) is 23.6 Å². The maximum atomic E-state index is 13.3. The topological polar surface area (TPSA) is 185 Å². The van der Waals surface area contributed by atoms with E-state index in [9.17, 15) is 28.8 Å². The first-order chi connectivity index (χ1) is 18.0. The second kappa shape index (κ2) is 10.7. The van der Waals surface area contributed by atoms with E-state index in [1.165, 1.54) is 24.3 Å². The van der Waals surface area contributed by atoms with Crippen molar-refractivity contribution in [2.24, 2.45) is 11.5 Å². The zero-order chi connectivity index (χ0) is 27.7. The van der Waals surface area contributed by atoms with Crippen molar-refractivity contribution in [1.29, 1.82) is 0 Å². The molecule has 0 aromatic heterocycles. The fourth-order valence-corrected chi connectivity index (χ4v) is 4.60. The predicted molar refractivity (Wildman–Crippen MR) is 137 cm³/mol. The van der Waals surface area contributed by atoms with Crippen molar-refractivity contribution < 1.29 is 28.8 Å². The molecule has 38 heavy (non-hydrogen) atoms. The first kappa shape index (κ1) is 26.9. The lowest BCUT2D eigenvalue weighted by Crippen LogP contribution is -2.45. The van der Waals surface area contributed by atoms with Gasteiger partial charge in [0.15, 0.2) is 0 Å². The second-order valence-corrected chi connectivity index (χ2v) is 9.46.